The Balaban J connectivity index is 3.36. The fourth-order valence-electron chi connectivity index (χ4n) is 1.12. The lowest BCUT2D eigenvalue weighted by Gasteiger charge is -2.11. The highest BCUT2D eigenvalue weighted by Crippen LogP contribution is 2.37. The molecule has 1 N–H and O–H groups in total. The second-order valence-electron chi connectivity index (χ2n) is 3.15. The lowest BCUT2D eigenvalue weighted by atomic mass is 10.1. The number of benzene rings is 1. The lowest BCUT2D eigenvalue weighted by molar-refractivity contribution is -0.137. The molecule has 1 rings (SSSR count). The Hall–Kier alpha value is -0.660. The summed E-state index contributed by atoms with van der Waals surface area (Å²) in [6.45, 7) is 0. The van der Waals surface area contributed by atoms with Gasteiger partial charge in [-0.3, -0.25) is 0 Å². The van der Waals surface area contributed by atoms with Crippen LogP contribution in [0.25, 0.3) is 0 Å². The van der Waals surface area contributed by atoms with Crippen molar-refractivity contribution in [1.29, 1.82) is 0 Å². The van der Waals surface area contributed by atoms with E-state index in [1.165, 1.54) is 0 Å². The minimum atomic E-state index is -4.69. The van der Waals surface area contributed by atoms with Gasteiger partial charge in [-0.25, -0.2) is 8.42 Å². The molecule has 0 aliphatic carbocycles. The van der Waals surface area contributed by atoms with Gasteiger partial charge in [0.25, 0.3) is 0 Å². The van der Waals surface area contributed by atoms with Gasteiger partial charge in [0.05, 0.1) is 16.3 Å². The van der Waals surface area contributed by atoms with Crippen molar-refractivity contribution in [3.63, 3.8) is 0 Å². The molecule has 0 amide bonds. The minimum Gasteiger partial charge on any atom is -0.506 e. The summed E-state index contributed by atoms with van der Waals surface area (Å²) in [5, 5.41) is 8.74. The normalized spacial score (nSPS) is 12.8. The van der Waals surface area contributed by atoms with Crippen molar-refractivity contribution in [2.45, 2.75) is 11.9 Å². The van der Waals surface area contributed by atoms with Crippen LogP contribution in [-0.2, 0) is 21.0 Å². The number of phenols is 1. The van der Waals surface area contributed by atoms with Gasteiger partial charge in [-0.15, -0.1) is 0 Å². The van der Waals surface area contributed by atoms with Crippen LogP contribution in [0.2, 0.25) is 5.02 Å². The third-order valence-electron chi connectivity index (χ3n) is 1.80. The second kappa shape index (κ2) is 4.55. The quantitative estimate of drug-likeness (QED) is 0.854. The maximum atomic E-state index is 12.4. The molecule has 0 aliphatic rings. The van der Waals surface area contributed by atoms with Crippen LogP contribution in [-0.4, -0.2) is 13.5 Å². The molecule has 17 heavy (non-hydrogen) atoms. The molecule has 9 heteroatoms. The molecule has 0 unspecified atom stereocenters. The van der Waals surface area contributed by atoms with Gasteiger partial charge >= 0.3 is 6.18 Å². The molecule has 0 bridgehead atoms. The van der Waals surface area contributed by atoms with E-state index in [4.69, 9.17) is 22.3 Å². The molecule has 0 fully saturated rings. The first-order valence-corrected chi connectivity index (χ1v) is 6.87. The van der Waals surface area contributed by atoms with E-state index in [0.29, 0.717) is 12.1 Å². The van der Waals surface area contributed by atoms with E-state index in [9.17, 15) is 26.7 Å². The van der Waals surface area contributed by atoms with Crippen LogP contribution in [0.3, 0.4) is 0 Å². The summed E-state index contributed by atoms with van der Waals surface area (Å²) in [7, 11) is 0.803. The van der Waals surface area contributed by atoms with Crippen LogP contribution < -0.4 is 0 Å². The standard InChI is InChI=1S/C8H5Cl2F3O3S/c9-6-2-5(8(11,12)13)1-4(7(6)14)3-17(10,15)16/h1-2,14H,3H2. The van der Waals surface area contributed by atoms with Crippen molar-refractivity contribution < 1.29 is 26.7 Å². The van der Waals surface area contributed by atoms with Gasteiger partial charge in [0.1, 0.15) is 5.75 Å². The van der Waals surface area contributed by atoms with Gasteiger partial charge in [-0.1, -0.05) is 11.6 Å². The van der Waals surface area contributed by atoms with Crippen molar-refractivity contribution in [1.82, 2.24) is 0 Å². The van der Waals surface area contributed by atoms with Gasteiger partial charge in [0.15, 0.2) is 0 Å². The number of phenolic OH excluding ortho intramolecular Hbond substituents is 1. The predicted octanol–water partition coefficient (Wildman–Crippen LogP) is 3.13. The van der Waals surface area contributed by atoms with E-state index in [0.717, 1.165) is 0 Å². The summed E-state index contributed by atoms with van der Waals surface area (Å²) in [5.74, 6) is -1.67. The average Bonchev–Trinajstić information content (AvgIpc) is 2.08. The van der Waals surface area contributed by atoms with Crippen molar-refractivity contribution in [3.8, 4) is 5.75 Å². The Bertz CT molecular complexity index is 540. The number of rotatable bonds is 2. The van der Waals surface area contributed by atoms with E-state index >= 15 is 0 Å². The van der Waals surface area contributed by atoms with Crippen LogP contribution in [0.1, 0.15) is 11.1 Å². The maximum absolute atomic E-state index is 12.4. The average molecular weight is 309 g/mol. The number of aromatic hydroxyl groups is 1. The van der Waals surface area contributed by atoms with Gasteiger partial charge < -0.3 is 5.11 Å². The largest absolute Gasteiger partial charge is 0.506 e. The number of halogens is 5. The molecular formula is C8H5Cl2F3O3S. The molecule has 0 radical (unpaired) electrons. The van der Waals surface area contributed by atoms with E-state index < -0.39 is 42.9 Å². The summed E-state index contributed by atoms with van der Waals surface area (Å²) < 4.78 is 58.7. The zero-order valence-electron chi connectivity index (χ0n) is 7.92. The van der Waals surface area contributed by atoms with Gasteiger partial charge in [-0.2, -0.15) is 13.2 Å². The molecule has 0 aromatic heterocycles. The summed E-state index contributed by atoms with van der Waals surface area (Å²) in [4.78, 5) is 0. The highest BCUT2D eigenvalue weighted by Gasteiger charge is 2.32. The Morgan fingerprint density at radius 2 is 1.82 bits per heavy atom. The monoisotopic (exact) mass is 308 g/mol. The zero-order chi connectivity index (χ0) is 13.4. The molecule has 0 heterocycles. The molecular weight excluding hydrogens is 304 g/mol. The zero-order valence-corrected chi connectivity index (χ0v) is 10.3. The molecule has 96 valence electrons. The SMILES string of the molecule is O=S(=O)(Cl)Cc1cc(C(F)(F)F)cc(Cl)c1O. The molecule has 0 saturated heterocycles. The van der Waals surface area contributed by atoms with E-state index in [1.54, 1.807) is 0 Å². The second-order valence-corrected chi connectivity index (χ2v) is 6.33. The summed E-state index contributed by atoms with van der Waals surface area (Å²) >= 11 is 5.37. The number of alkyl halides is 3. The van der Waals surface area contributed by atoms with E-state index in [-0.39, 0.29) is 0 Å². The molecule has 0 saturated carbocycles. The van der Waals surface area contributed by atoms with Crippen LogP contribution >= 0.6 is 22.3 Å². The highest BCUT2D eigenvalue weighted by molar-refractivity contribution is 8.13. The van der Waals surface area contributed by atoms with Crippen LogP contribution in [0.5, 0.6) is 5.75 Å². The molecule has 0 aliphatic heterocycles. The van der Waals surface area contributed by atoms with Crippen LogP contribution in [0.4, 0.5) is 13.2 Å². The Morgan fingerprint density at radius 3 is 2.24 bits per heavy atom. The first kappa shape index (κ1) is 14.4. The van der Waals surface area contributed by atoms with Crippen molar-refractivity contribution >= 4 is 31.3 Å². The van der Waals surface area contributed by atoms with Crippen LogP contribution in [0.15, 0.2) is 12.1 Å². The molecule has 3 nitrogen and oxygen atoms in total. The van der Waals surface area contributed by atoms with Gasteiger partial charge in [0, 0.05) is 16.2 Å². The van der Waals surface area contributed by atoms with Gasteiger partial charge in [-0.05, 0) is 12.1 Å². The van der Waals surface area contributed by atoms with E-state index in [2.05, 4.69) is 0 Å². The Kier molecular flexibility index (Phi) is 3.85. The smallest absolute Gasteiger partial charge is 0.416 e. The lowest BCUT2D eigenvalue weighted by Crippen LogP contribution is -2.07. The predicted molar refractivity (Wildman–Crippen MR) is 56.6 cm³/mol. The topological polar surface area (TPSA) is 54.4 Å². The molecule has 0 spiro atoms. The third kappa shape index (κ3) is 3.93. The third-order valence-corrected chi connectivity index (χ3v) is 3.07. The van der Waals surface area contributed by atoms with Crippen molar-refractivity contribution in [3.05, 3.63) is 28.3 Å². The fraction of sp³-hybridized carbons (Fsp3) is 0.250. The Morgan fingerprint density at radius 1 is 1.29 bits per heavy atom. The van der Waals surface area contributed by atoms with Crippen molar-refractivity contribution in [2.24, 2.45) is 0 Å². The first-order chi connectivity index (χ1) is 7.50. The summed E-state index contributed by atoms with van der Waals surface area (Å²) in [5.41, 5.74) is -1.66. The van der Waals surface area contributed by atoms with E-state index in [1.807, 2.05) is 0 Å². The highest BCUT2D eigenvalue weighted by atomic mass is 35.7. The first-order valence-electron chi connectivity index (χ1n) is 4.01. The number of hydrogen-bond acceptors (Lipinski definition) is 3. The molecule has 0 atom stereocenters. The maximum Gasteiger partial charge on any atom is 0.416 e. The Labute approximate surface area is 104 Å². The van der Waals surface area contributed by atoms with Crippen LogP contribution in [0, 0.1) is 0 Å². The van der Waals surface area contributed by atoms with Gasteiger partial charge in [0.2, 0.25) is 9.05 Å². The summed E-state index contributed by atoms with van der Waals surface area (Å²) in [6.07, 6.45) is -4.69. The number of hydrogen-bond donors (Lipinski definition) is 1. The fourth-order valence-corrected chi connectivity index (χ4v) is 2.30. The molecule has 1 aromatic rings. The minimum absolute atomic E-state index is 0.487. The molecule has 1 aromatic carbocycles. The summed E-state index contributed by atoms with van der Waals surface area (Å²) in [6, 6.07) is 0.988. The van der Waals surface area contributed by atoms with Crippen molar-refractivity contribution in [2.75, 3.05) is 0 Å².